The van der Waals surface area contributed by atoms with Gasteiger partial charge in [-0.3, -0.25) is 4.79 Å². The van der Waals surface area contributed by atoms with Crippen molar-refractivity contribution in [3.8, 4) is 0 Å². The Labute approximate surface area is 124 Å². The second kappa shape index (κ2) is 5.00. The molecule has 7 heteroatoms. The summed E-state index contributed by atoms with van der Waals surface area (Å²) in [5, 5.41) is 8.82. The number of carbonyl (C=O) groups excluding carboxylic acids is 1. The lowest BCUT2D eigenvalue weighted by atomic mass is 10.1. The maximum absolute atomic E-state index is 14.0. The van der Waals surface area contributed by atoms with Crippen molar-refractivity contribution in [2.75, 3.05) is 13.1 Å². The molecule has 22 heavy (non-hydrogen) atoms. The van der Waals surface area contributed by atoms with Gasteiger partial charge in [-0.05, 0) is 24.0 Å². The molecule has 1 aromatic carbocycles. The molecule has 0 spiro atoms. The van der Waals surface area contributed by atoms with Crippen LogP contribution in [0.3, 0.4) is 0 Å². The molecule has 1 N–H and O–H groups in total. The van der Waals surface area contributed by atoms with Gasteiger partial charge in [0.2, 0.25) is 11.6 Å². The molecule has 0 aromatic heterocycles. The average molecular weight is 313 g/mol. The number of nitrogens with zero attached hydrogens (tertiary/aromatic N) is 1. The Balaban J connectivity index is 1.69. The molecule has 0 bridgehead atoms. The van der Waals surface area contributed by atoms with Crippen LogP contribution in [-0.2, 0) is 9.59 Å². The summed E-state index contributed by atoms with van der Waals surface area (Å²) in [5.41, 5.74) is -2.27. The minimum absolute atomic E-state index is 0.0243. The Morgan fingerprint density at radius 1 is 1.32 bits per heavy atom. The maximum atomic E-state index is 14.0. The van der Waals surface area contributed by atoms with E-state index in [1.165, 1.54) is 12.1 Å². The Morgan fingerprint density at radius 2 is 2.05 bits per heavy atom. The SMILES string of the molecule is O=C(C1CC1c1cccc(F)c1F)N1CCC(F)(C(=O)O)C1. The molecule has 1 saturated carbocycles. The molecule has 1 aliphatic heterocycles. The molecule has 1 aromatic rings. The van der Waals surface area contributed by atoms with Gasteiger partial charge in [0.05, 0.1) is 6.54 Å². The summed E-state index contributed by atoms with van der Waals surface area (Å²) < 4.78 is 40.9. The van der Waals surface area contributed by atoms with Crippen molar-refractivity contribution in [1.29, 1.82) is 0 Å². The van der Waals surface area contributed by atoms with Crippen LogP contribution in [0.1, 0.15) is 24.3 Å². The second-order valence-electron chi connectivity index (χ2n) is 5.87. The van der Waals surface area contributed by atoms with Crippen LogP contribution in [0.25, 0.3) is 0 Å². The van der Waals surface area contributed by atoms with Crippen LogP contribution in [0.4, 0.5) is 13.2 Å². The molecule has 118 valence electrons. The average Bonchev–Trinajstić information content (AvgIpc) is 3.16. The molecule has 3 atom stereocenters. The Hall–Kier alpha value is -2.05. The van der Waals surface area contributed by atoms with Crippen molar-refractivity contribution in [3.05, 3.63) is 35.4 Å². The fourth-order valence-electron chi connectivity index (χ4n) is 2.99. The molecular weight excluding hydrogens is 299 g/mol. The van der Waals surface area contributed by atoms with Crippen LogP contribution < -0.4 is 0 Å². The van der Waals surface area contributed by atoms with Crippen molar-refractivity contribution in [3.63, 3.8) is 0 Å². The summed E-state index contributed by atoms with van der Waals surface area (Å²) in [6, 6.07) is 3.81. The third kappa shape index (κ3) is 2.34. The first-order chi connectivity index (χ1) is 10.3. The van der Waals surface area contributed by atoms with Gasteiger partial charge >= 0.3 is 5.97 Å². The van der Waals surface area contributed by atoms with Gasteiger partial charge in [-0.1, -0.05) is 12.1 Å². The summed E-state index contributed by atoms with van der Waals surface area (Å²) in [4.78, 5) is 24.3. The molecule has 1 aliphatic carbocycles. The molecule has 3 unspecified atom stereocenters. The van der Waals surface area contributed by atoms with Crippen LogP contribution in [0.2, 0.25) is 0 Å². The Bertz CT molecular complexity index is 651. The van der Waals surface area contributed by atoms with Gasteiger partial charge in [-0.2, -0.15) is 0 Å². The highest BCUT2D eigenvalue weighted by molar-refractivity contribution is 5.86. The van der Waals surface area contributed by atoms with Gasteiger partial charge in [0, 0.05) is 18.9 Å². The van der Waals surface area contributed by atoms with Crippen molar-refractivity contribution in [2.24, 2.45) is 5.92 Å². The number of carboxylic acids is 1. The molecule has 1 amide bonds. The number of alkyl halides is 1. The number of likely N-dealkylation sites (tertiary alicyclic amines) is 1. The molecular formula is C15H14F3NO3. The smallest absolute Gasteiger partial charge is 0.343 e. The lowest BCUT2D eigenvalue weighted by Crippen LogP contribution is -2.39. The number of benzene rings is 1. The Kier molecular flexibility index (Phi) is 3.38. The third-order valence-corrected chi connectivity index (χ3v) is 4.40. The van der Waals surface area contributed by atoms with Crippen LogP contribution in [-0.4, -0.2) is 40.6 Å². The summed E-state index contributed by atoms with van der Waals surface area (Å²) in [5.74, 6) is -4.86. The minimum Gasteiger partial charge on any atom is -0.479 e. The third-order valence-electron chi connectivity index (χ3n) is 4.40. The van der Waals surface area contributed by atoms with E-state index in [4.69, 9.17) is 5.11 Å². The topological polar surface area (TPSA) is 57.6 Å². The van der Waals surface area contributed by atoms with E-state index in [0.717, 1.165) is 11.0 Å². The summed E-state index contributed by atoms with van der Waals surface area (Å²) in [6.07, 6.45) is 0.113. The fraction of sp³-hybridized carbons (Fsp3) is 0.467. The first kappa shape index (κ1) is 14.9. The Morgan fingerprint density at radius 3 is 2.68 bits per heavy atom. The normalized spacial score (nSPS) is 30.4. The van der Waals surface area contributed by atoms with Crippen molar-refractivity contribution < 1.29 is 27.9 Å². The number of carboxylic acid groups (broad SMARTS) is 1. The van der Waals surface area contributed by atoms with E-state index in [0.29, 0.717) is 6.42 Å². The standard InChI is InChI=1S/C15H14F3NO3/c16-11-3-1-2-8(12(11)17)9-6-10(9)13(20)19-5-4-15(18,7-19)14(21)22/h1-3,9-10H,4-7H2,(H,21,22). The minimum atomic E-state index is -2.41. The van der Waals surface area contributed by atoms with E-state index in [1.54, 1.807) is 0 Å². The van der Waals surface area contributed by atoms with Gasteiger partial charge in [0.15, 0.2) is 11.6 Å². The number of carbonyl (C=O) groups is 2. The number of halogens is 3. The molecule has 1 saturated heterocycles. The van der Waals surface area contributed by atoms with Gasteiger partial charge in [-0.25, -0.2) is 18.0 Å². The zero-order valence-corrected chi connectivity index (χ0v) is 11.6. The van der Waals surface area contributed by atoms with E-state index in [-0.39, 0.29) is 18.5 Å². The van der Waals surface area contributed by atoms with Gasteiger partial charge < -0.3 is 10.0 Å². The predicted octanol–water partition coefficient (Wildman–Crippen LogP) is 2.09. The molecule has 3 rings (SSSR count). The largest absolute Gasteiger partial charge is 0.479 e. The highest BCUT2D eigenvalue weighted by Crippen LogP contribution is 2.50. The van der Waals surface area contributed by atoms with Gasteiger partial charge in [0.1, 0.15) is 0 Å². The van der Waals surface area contributed by atoms with E-state index in [1.807, 2.05) is 0 Å². The number of aliphatic carboxylic acids is 1. The number of amides is 1. The van der Waals surface area contributed by atoms with E-state index < -0.39 is 47.6 Å². The highest BCUT2D eigenvalue weighted by Gasteiger charge is 2.52. The van der Waals surface area contributed by atoms with Crippen LogP contribution >= 0.6 is 0 Å². The number of hydrogen-bond donors (Lipinski definition) is 1. The fourth-order valence-corrected chi connectivity index (χ4v) is 2.99. The van der Waals surface area contributed by atoms with E-state index in [2.05, 4.69) is 0 Å². The zero-order valence-electron chi connectivity index (χ0n) is 11.6. The zero-order chi connectivity index (χ0) is 16.1. The monoisotopic (exact) mass is 313 g/mol. The molecule has 0 radical (unpaired) electrons. The summed E-state index contributed by atoms with van der Waals surface area (Å²) >= 11 is 0. The maximum Gasteiger partial charge on any atom is 0.343 e. The van der Waals surface area contributed by atoms with Crippen LogP contribution in [0.15, 0.2) is 18.2 Å². The van der Waals surface area contributed by atoms with E-state index in [9.17, 15) is 22.8 Å². The summed E-state index contributed by atoms with van der Waals surface area (Å²) in [6.45, 7) is -0.466. The van der Waals surface area contributed by atoms with Crippen molar-refractivity contribution in [2.45, 2.75) is 24.4 Å². The predicted molar refractivity (Wildman–Crippen MR) is 69.9 cm³/mol. The molecule has 2 fully saturated rings. The van der Waals surface area contributed by atoms with Gasteiger partial charge in [-0.15, -0.1) is 0 Å². The highest BCUT2D eigenvalue weighted by atomic mass is 19.2. The lowest BCUT2D eigenvalue weighted by Gasteiger charge is -2.17. The molecule has 4 nitrogen and oxygen atoms in total. The first-order valence-electron chi connectivity index (χ1n) is 6.98. The summed E-state index contributed by atoms with van der Waals surface area (Å²) in [7, 11) is 0. The van der Waals surface area contributed by atoms with Crippen LogP contribution in [0, 0.1) is 17.6 Å². The van der Waals surface area contributed by atoms with Crippen molar-refractivity contribution >= 4 is 11.9 Å². The molecule has 1 heterocycles. The first-order valence-corrected chi connectivity index (χ1v) is 6.98. The molecule has 2 aliphatic rings. The second-order valence-corrected chi connectivity index (χ2v) is 5.87. The number of hydrogen-bond acceptors (Lipinski definition) is 2. The van der Waals surface area contributed by atoms with Crippen molar-refractivity contribution in [1.82, 2.24) is 4.90 Å². The quantitative estimate of drug-likeness (QED) is 0.929. The van der Waals surface area contributed by atoms with Crippen LogP contribution in [0.5, 0.6) is 0 Å². The van der Waals surface area contributed by atoms with E-state index >= 15 is 0 Å². The lowest BCUT2D eigenvalue weighted by molar-refractivity contribution is -0.150. The number of rotatable bonds is 3. The van der Waals surface area contributed by atoms with Gasteiger partial charge in [0.25, 0.3) is 0 Å².